The Kier molecular flexibility index (Phi) is 4.87. The Hall–Kier alpha value is -2.43. The minimum absolute atomic E-state index is 0.0859. The second-order valence-electron chi connectivity index (χ2n) is 4.58. The van der Waals surface area contributed by atoms with E-state index in [0.717, 1.165) is 31.2 Å². The van der Waals surface area contributed by atoms with Crippen LogP contribution in [0.1, 0.15) is 23.7 Å². The predicted octanol–water partition coefficient (Wildman–Crippen LogP) is 4.04. The molecule has 110 valence electrons. The van der Waals surface area contributed by atoms with Crippen molar-refractivity contribution in [1.29, 1.82) is 0 Å². The largest absolute Gasteiger partial charge is 0.384 e. The van der Waals surface area contributed by atoms with Crippen LogP contribution >= 0.6 is 0 Å². The van der Waals surface area contributed by atoms with E-state index in [0.29, 0.717) is 11.3 Å². The molecule has 2 N–H and O–H groups in total. The molecule has 0 bridgehead atoms. The molecule has 2 aromatic carbocycles. The molecule has 0 saturated carbocycles. The maximum atomic E-state index is 13.1. The fraction of sp³-hybridized carbons (Fsp3) is 0.188. The summed E-state index contributed by atoms with van der Waals surface area (Å²) in [7, 11) is 0. The van der Waals surface area contributed by atoms with E-state index in [4.69, 9.17) is 0 Å². The molecule has 0 unspecified atom stereocenters. The van der Waals surface area contributed by atoms with Crippen molar-refractivity contribution in [3.8, 4) is 0 Å². The van der Waals surface area contributed by atoms with Gasteiger partial charge in [0.25, 0.3) is 5.91 Å². The number of benzene rings is 2. The van der Waals surface area contributed by atoms with Crippen LogP contribution in [0.25, 0.3) is 0 Å². The van der Waals surface area contributed by atoms with Crippen LogP contribution in [0.15, 0.2) is 42.5 Å². The molecule has 0 aliphatic rings. The topological polar surface area (TPSA) is 41.1 Å². The highest BCUT2D eigenvalue weighted by Gasteiger charge is 2.11. The van der Waals surface area contributed by atoms with Gasteiger partial charge in [-0.25, -0.2) is 8.78 Å². The van der Waals surface area contributed by atoms with Gasteiger partial charge in [0.2, 0.25) is 0 Å². The predicted molar refractivity (Wildman–Crippen MR) is 79.5 cm³/mol. The third kappa shape index (κ3) is 4.02. The Labute approximate surface area is 122 Å². The SMILES string of the molecule is CCCNc1ccccc1C(=O)Nc1cc(F)cc(F)c1. The molecular weight excluding hydrogens is 274 g/mol. The van der Waals surface area contributed by atoms with Crippen molar-refractivity contribution in [3.63, 3.8) is 0 Å². The maximum Gasteiger partial charge on any atom is 0.257 e. The van der Waals surface area contributed by atoms with Crippen LogP contribution in [0.2, 0.25) is 0 Å². The van der Waals surface area contributed by atoms with Crippen LogP contribution in [0.5, 0.6) is 0 Å². The van der Waals surface area contributed by atoms with Crippen molar-refractivity contribution in [2.24, 2.45) is 0 Å². The van der Waals surface area contributed by atoms with E-state index in [2.05, 4.69) is 10.6 Å². The monoisotopic (exact) mass is 290 g/mol. The lowest BCUT2D eigenvalue weighted by molar-refractivity contribution is 0.102. The summed E-state index contributed by atoms with van der Waals surface area (Å²) >= 11 is 0. The molecule has 0 fully saturated rings. The number of carbonyl (C=O) groups is 1. The lowest BCUT2D eigenvalue weighted by Crippen LogP contribution is -2.15. The van der Waals surface area contributed by atoms with E-state index in [1.54, 1.807) is 18.2 Å². The first kappa shape index (κ1) is 15.0. The van der Waals surface area contributed by atoms with Crippen LogP contribution in [-0.2, 0) is 0 Å². The molecule has 2 rings (SSSR count). The van der Waals surface area contributed by atoms with E-state index in [-0.39, 0.29) is 5.69 Å². The molecule has 0 saturated heterocycles. The van der Waals surface area contributed by atoms with Gasteiger partial charge in [0, 0.05) is 24.0 Å². The van der Waals surface area contributed by atoms with E-state index in [1.807, 2.05) is 13.0 Å². The summed E-state index contributed by atoms with van der Waals surface area (Å²) in [6.45, 7) is 2.75. The van der Waals surface area contributed by atoms with Crippen LogP contribution in [0.4, 0.5) is 20.2 Å². The zero-order chi connectivity index (χ0) is 15.2. The van der Waals surface area contributed by atoms with Crippen LogP contribution in [-0.4, -0.2) is 12.5 Å². The first-order valence-corrected chi connectivity index (χ1v) is 6.70. The van der Waals surface area contributed by atoms with Gasteiger partial charge in [0.05, 0.1) is 5.56 Å². The maximum absolute atomic E-state index is 13.1. The molecule has 0 radical (unpaired) electrons. The minimum atomic E-state index is -0.734. The molecule has 5 heteroatoms. The standard InChI is InChI=1S/C16H16F2N2O/c1-2-7-19-15-6-4-3-5-14(15)16(21)20-13-9-11(17)8-12(18)10-13/h3-6,8-10,19H,2,7H2,1H3,(H,20,21). The summed E-state index contributed by atoms with van der Waals surface area (Å²) in [5.41, 5.74) is 1.20. The zero-order valence-electron chi connectivity index (χ0n) is 11.6. The number of amides is 1. The lowest BCUT2D eigenvalue weighted by atomic mass is 10.1. The minimum Gasteiger partial charge on any atom is -0.384 e. The number of carbonyl (C=O) groups excluding carboxylic acids is 1. The van der Waals surface area contributed by atoms with Gasteiger partial charge in [-0.3, -0.25) is 4.79 Å². The Morgan fingerprint density at radius 3 is 2.43 bits per heavy atom. The van der Waals surface area contributed by atoms with Crippen molar-refractivity contribution in [2.75, 3.05) is 17.2 Å². The Bertz CT molecular complexity index is 624. The van der Waals surface area contributed by atoms with Crippen LogP contribution in [0.3, 0.4) is 0 Å². The normalized spacial score (nSPS) is 10.2. The summed E-state index contributed by atoms with van der Waals surface area (Å²) in [5.74, 6) is -1.88. The molecule has 0 aliphatic heterocycles. The van der Waals surface area contributed by atoms with E-state index in [9.17, 15) is 13.6 Å². The Balaban J connectivity index is 2.20. The van der Waals surface area contributed by atoms with Gasteiger partial charge in [-0.1, -0.05) is 19.1 Å². The molecule has 1 amide bonds. The molecule has 0 atom stereocenters. The van der Waals surface area contributed by atoms with Crippen molar-refractivity contribution in [2.45, 2.75) is 13.3 Å². The van der Waals surface area contributed by atoms with E-state index < -0.39 is 17.5 Å². The number of halogens is 2. The van der Waals surface area contributed by atoms with Gasteiger partial charge in [-0.2, -0.15) is 0 Å². The van der Waals surface area contributed by atoms with E-state index >= 15 is 0 Å². The van der Waals surface area contributed by atoms with Crippen LogP contribution in [0, 0.1) is 11.6 Å². The molecule has 21 heavy (non-hydrogen) atoms. The number of para-hydroxylation sites is 1. The lowest BCUT2D eigenvalue weighted by Gasteiger charge is -2.11. The van der Waals surface area contributed by atoms with Crippen molar-refractivity contribution >= 4 is 17.3 Å². The summed E-state index contributed by atoms with van der Waals surface area (Å²) in [4.78, 5) is 12.2. The quantitative estimate of drug-likeness (QED) is 0.872. The van der Waals surface area contributed by atoms with Crippen molar-refractivity contribution in [1.82, 2.24) is 0 Å². The van der Waals surface area contributed by atoms with Gasteiger partial charge in [-0.05, 0) is 30.7 Å². The van der Waals surface area contributed by atoms with Gasteiger partial charge in [0.1, 0.15) is 11.6 Å². The smallest absolute Gasteiger partial charge is 0.257 e. The first-order chi connectivity index (χ1) is 10.1. The summed E-state index contributed by atoms with van der Waals surface area (Å²) < 4.78 is 26.2. The first-order valence-electron chi connectivity index (χ1n) is 6.70. The van der Waals surface area contributed by atoms with Crippen molar-refractivity contribution < 1.29 is 13.6 Å². The number of nitrogens with one attached hydrogen (secondary N) is 2. The van der Waals surface area contributed by atoms with Gasteiger partial charge in [0.15, 0.2) is 0 Å². The summed E-state index contributed by atoms with van der Waals surface area (Å²) in [5, 5.41) is 5.64. The zero-order valence-corrected chi connectivity index (χ0v) is 11.6. The van der Waals surface area contributed by atoms with E-state index in [1.165, 1.54) is 0 Å². The second-order valence-corrected chi connectivity index (χ2v) is 4.58. The second kappa shape index (κ2) is 6.83. The fourth-order valence-corrected chi connectivity index (χ4v) is 1.92. The Morgan fingerprint density at radius 2 is 1.76 bits per heavy atom. The highest BCUT2D eigenvalue weighted by atomic mass is 19.1. The molecule has 0 aliphatic carbocycles. The molecule has 0 spiro atoms. The highest BCUT2D eigenvalue weighted by Crippen LogP contribution is 2.18. The van der Waals surface area contributed by atoms with Crippen molar-refractivity contribution in [3.05, 3.63) is 59.7 Å². The fourth-order valence-electron chi connectivity index (χ4n) is 1.92. The van der Waals surface area contributed by atoms with Gasteiger partial charge in [-0.15, -0.1) is 0 Å². The average Bonchev–Trinajstić information content (AvgIpc) is 2.44. The highest BCUT2D eigenvalue weighted by molar-refractivity contribution is 6.08. The average molecular weight is 290 g/mol. The summed E-state index contributed by atoms with van der Waals surface area (Å²) in [6, 6.07) is 9.90. The van der Waals surface area contributed by atoms with Crippen LogP contribution < -0.4 is 10.6 Å². The third-order valence-electron chi connectivity index (χ3n) is 2.86. The molecule has 3 nitrogen and oxygen atoms in total. The van der Waals surface area contributed by atoms with Gasteiger partial charge >= 0.3 is 0 Å². The molecule has 2 aromatic rings. The Morgan fingerprint density at radius 1 is 1.10 bits per heavy atom. The number of anilines is 2. The number of hydrogen-bond donors (Lipinski definition) is 2. The summed E-state index contributed by atoms with van der Waals surface area (Å²) in [6.07, 6.45) is 0.922. The molecular formula is C16H16F2N2O. The number of hydrogen-bond acceptors (Lipinski definition) is 2. The third-order valence-corrected chi connectivity index (χ3v) is 2.86. The molecule has 0 heterocycles. The van der Waals surface area contributed by atoms with Gasteiger partial charge < -0.3 is 10.6 Å². The molecule has 0 aromatic heterocycles. The number of rotatable bonds is 5.